The first-order chi connectivity index (χ1) is 14.6. The lowest BCUT2D eigenvalue weighted by atomic mass is 10.2. The molecule has 156 valence electrons. The van der Waals surface area contributed by atoms with Crippen molar-refractivity contribution in [3.63, 3.8) is 0 Å². The van der Waals surface area contributed by atoms with Gasteiger partial charge in [-0.3, -0.25) is 9.36 Å². The van der Waals surface area contributed by atoms with Crippen LogP contribution in [0.1, 0.15) is 25.7 Å². The Labute approximate surface area is 178 Å². The van der Waals surface area contributed by atoms with Gasteiger partial charge in [-0.05, 0) is 49.2 Å². The van der Waals surface area contributed by atoms with E-state index >= 15 is 0 Å². The molecule has 1 fully saturated rings. The number of carbonyl (C=O) groups excluding carboxylic acids is 1. The molecule has 0 unspecified atom stereocenters. The van der Waals surface area contributed by atoms with Crippen LogP contribution in [0.4, 0.5) is 8.78 Å². The summed E-state index contributed by atoms with van der Waals surface area (Å²) in [6, 6.07) is 12.1. The van der Waals surface area contributed by atoms with Gasteiger partial charge in [0.2, 0.25) is 5.91 Å². The largest absolute Gasteiger partial charge is 0.342 e. The van der Waals surface area contributed by atoms with E-state index in [1.165, 1.54) is 30.0 Å². The van der Waals surface area contributed by atoms with Gasteiger partial charge in [0, 0.05) is 18.8 Å². The maximum atomic E-state index is 14.4. The van der Waals surface area contributed by atoms with E-state index in [0.717, 1.165) is 38.8 Å². The summed E-state index contributed by atoms with van der Waals surface area (Å²) in [4.78, 5) is 14.6. The average Bonchev–Trinajstić information content (AvgIpc) is 2.97. The van der Waals surface area contributed by atoms with Crippen LogP contribution >= 0.6 is 11.8 Å². The molecule has 1 amide bonds. The van der Waals surface area contributed by atoms with Crippen LogP contribution in [-0.4, -0.2) is 44.4 Å². The van der Waals surface area contributed by atoms with Crippen LogP contribution in [0.3, 0.4) is 0 Å². The molecular formula is C22H22F2N4OS. The minimum Gasteiger partial charge on any atom is -0.342 e. The predicted molar refractivity (Wildman–Crippen MR) is 112 cm³/mol. The Kier molecular flexibility index (Phi) is 6.42. The first-order valence-corrected chi connectivity index (χ1v) is 11.0. The van der Waals surface area contributed by atoms with E-state index in [1.807, 2.05) is 4.90 Å². The van der Waals surface area contributed by atoms with Crippen molar-refractivity contribution < 1.29 is 13.6 Å². The number of amides is 1. The molecule has 0 N–H and O–H groups in total. The Bertz CT molecular complexity index is 1010. The summed E-state index contributed by atoms with van der Waals surface area (Å²) in [5.74, 6) is -0.209. The number of hydrogen-bond acceptors (Lipinski definition) is 4. The number of halogens is 2. The summed E-state index contributed by atoms with van der Waals surface area (Å²) in [6.45, 7) is 1.56. The van der Waals surface area contributed by atoms with Gasteiger partial charge in [0.1, 0.15) is 11.6 Å². The summed E-state index contributed by atoms with van der Waals surface area (Å²) in [5, 5.41) is 8.86. The van der Waals surface area contributed by atoms with Crippen molar-refractivity contribution in [1.82, 2.24) is 19.7 Å². The first-order valence-electron chi connectivity index (χ1n) is 10.0. The SMILES string of the molecule is O=C(CSc1nnc(-c2ccccc2F)n1-c1ccc(F)cc1)N1CCCCCC1. The lowest BCUT2D eigenvalue weighted by Gasteiger charge is -2.20. The standard InChI is InChI=1S/C22H22F2N4OS/c23-16-9-11-17(12-10-16)28-21(18-7-3-4-8-19(18)24)25-26-22(28)30-15-20(29)27-13-5-1-2-6-14-27/h3-4,7-12H,1-2,5-6,13-15H2. The summed E-state index contributed by atoms with van der Waals surface area (Å²) in [7, 11) is 0. The van der Waals surface area contributed by atoms with Gasteiger partial charge < -0.3 is 4.90 Å². The van der Waals surface area contributed by atoms with Gasteiger partial charge in [-0.1, -0.05) is 36.7 Å². The van der Waals surface area contributed by atoms with Crippen LogP contribution in [0.25, 0.3) is 17.1 Å². The molecule has 0 bridgehead atoms. The maximum absolute atomic E-state index is 14.4. The number of aromatic nitrogens is 3. The van der Waals surface area contributed by atoms with E-state index in [4.69, 9.17) is 0 Å². The number of nitrogens with zero attached hydrogens (tertiary/aromatic N) is 4. The highest BCUT2D eigenvalue weighted by atomic mass is 32.2. The van der Waals surface area contributed by atoms with Gasteiger partial charge in [0.15, 0.2) is 11.0 Å². The highest BCUT2D eigenvalue weighted by molar-refractivity contribution is 7.99. The van der Waals surface area contributed by atoms with E-state index < -0.39 is 5.82 Å². The molecular weight excluding hydrogens is 406 g/mol. The minimum absolute atomic E-state index is 0.0583. The highest BCUT2D eigenvalue weighted by Gasteiger charge is 2.21. The van der Waals surface area contributed by atoms with Crippen LogP contribution in [0.2, 0.25) is 0 Å². The zero-order valence-electron chi connectivity index (χ0n) is 16.4. The van der Waals surface area contributed by atoms with Crippen molar-refractivity contribution in [3.05, 3.63) is 60.2 Å². The molecule has 0 saturated carbocycles. The zero-order valence-corrected chi connectivity index (χ0v) is 17.2. The molecule has 30 heavy (non-hydrogen) atoms. The maximum Gasteiger partial charge on any atom is 0.233 e. The van der Waals surface area contributed by atoms with Gasteiger partial charge >= 0.3 is 0 Å². The first kappa shape index (κ1) is 20.5. The van der Waals surface area contributed by atoms with Crippen molar-refractivity contribution in [2.75, 3.05) is 18.8 Å². The van der Waals surface area contributed by atoms with Crippen LogP contribution in [0.15, 0.2) is 53.7 Å². The summed E-state index contributed by atoms with van der Waals surface area (Å²) < 4.78 is 29.5. The van der Waals surface area contributed by atoms with E-state index in [0.29, 0.717) is 22.2 Å². The molecule has 3 aromatic rings. The summed E-state index contributed by atoms with van der Waals surface area (Å²) >= 11 is 1.26. The topological polar surface area (TPSA) is 51.0 Å². The van der Waals surface area contributed by atoms with E-state index in [-0.39, 0.29) is 17.5 Å². The van der Waals surface area contributed by atoms with Crippen LogP contribution < -0.4 is 0 Å². The van der Waals surface area contributed by atoms with Crippen LogP contribution in [0.5, 0.6) is 0 Å². The van der Waals surface area contributed by atoms with Crippen molar-refractivity contribution in [2.24, 2.45) is 0 Å². The number of carbonyl (C=O) groups is 1. The fourth-order valence-electron chi connectivity index (χ4n) is 3.54. The number of likely N-dealkylation sites (tertiary alicyclic amines) is 1. The number of benzene rings is 2. The molecule has 2 heterocycles. The van der Waals surface area contributed by atoms with Crippen molar-refractivity contribution in [1.29, 1.82) is 0 Å². The number of rotatable bonds is 5. The lowest BCUT2D eigenvalue weighted by Crippen LogP contribution is -2.33. The molecule has 0 atom stereocenters. The van der Waals surface area contributed by atoms with Crippen molar-refractivity contribution >= 4 is 17.7 Å². The number of thioether (sulfide) groups is 1. The van der Waals surface area contributed by atoms with Gasteiger partial charge in [-0.15, -0.1) is 10.2 Å². The second kappa shape index (κ2) is 9.38. The van der Waals surface area contributed by atoms with Gasteiger partial charge in [-0.25, -0.2) is 8.78 Å². The van der Waals surface area contributed by atoms with Gasteiger partial charge in [-0.2, -0.15) is 0 Å². The van der Waals surface area contributed by atoms with Gasteiger partial charge in [0.05, 0.1) is 11.3 Å². The average molecular weight is 429 g/mol. The Morgan fingerprint density at radius 3 is 2.33 bits per heavy atom. The lowest BCUT2D eigenvalue weighted by molar-refractivity contribution is -0.128. The quantitative estimate of drug-likeness (QED) is 0.553. The normalized spacial score (nSPS) is 14.5. The third kappa shape index (κ3) is 4.53. The number of hydrogen-bond donors (Lipinski definition) is 0. The molecule has 0 aliphatic carbocycles. The Morgan fingerprint density at radius 2 is 1.63 bits per heavy atom. The smallest absolute Gasteiger partial charge is 0.233 e. The Morgan fingerprint density at radius 1 is 0.933 bits per heavy atom. The molecule has 8 heteroatoms. The Balaban J connectivity index is 1.63. The third-order valence-electron chi connectivity index (χ3n) is 5.12. The predicted octanol–water partition coefficient (Wildman–Crippen LogP) is 4.71. The second-order valence-corrected chi connectivity index (χ2v) is 8.12. The minimum atomic E-state index is -0.426. The van der Waals surface area contributed by atoms with Gasteiger partial charge in [0.25, 0.3) is 0 Å². The fourth-order valence-corrected chi connectivity index (χ4v) is 4.40. The fraction of sp³-hybridized carbons (Fsp3) is 0.318. The molecule has 1 aromatic heterocycles. The molecule has 0 spiro atoms. The van der Waals surface area contributed by atoms with Crippen molar-refractivity contribution in [3.8, 4) is 17.1 Å². The highest BCUT2D eigenvalue weighted by Crippen LogP contribution is 2.29. The molecule has 1 saturated heterocycles. The van der Waals surface area contributed by atoms with E-state index in [1.54, 1.807) is 34.9 Å². The Hall–Kier alpha value is -2.74. The monoisotopic (exact) mass is 428 g/mol. The third-order valence-corrected chi connectivity index (χ3v) is 6.03. The summed E-state index contributed by atoms with van der Waals surface area (Å²) in [5.41, 5.74) is 0.893. The van der Waals surface area contributed by atoms with Crippen LogP contribution in [0, 0.1) is 11.6 Å². The molecule has 1 aliphatic heterocycles. The molecule has 4 rings (SSSR count). The molecule has 2 aromatic carbocycles. The second-order valence-electron chi connectivity index (χ2n) is 7.18. The van der Waals surface area contributed by atoms with E-state index in [9.17, 15) is 13.6 Å². The molecule has 1 aliphatic rings. The van der Waals surface area contributed by atoms with Crippen molar-refractivity contribution in [2.45, 2.75) is 30.8 Å². The molecule has 5 nitrogen and oxygen atoms in total. The summed E-state index contributed by atoms with van der Waals surface area (Å²) in [6.07, 6.45) is 4.36. The van der Waals surface area contributed by atoms with Crippen LogP contribution in [-0.2, 0) is 4.79 Å². The molecule has 0 radical (unpaired) electrons. The van der Waals surface area contributed by atoms with E-state index in [2.05, 4.69) is 10.2 Å². The zero-order chi connectivity index (χ0) is 20.9.